The molecule has 5 nitrogen and oxygen atoms in total. The molecule has 1 aromatic carbocycles. The molecule has 6 heteroatoms. The van der Waals surface area contributed by atoms with Gasteiger partial charge in [0.15, 0.2) is 0 Å². The first-order valence-corrected chi connectivity index (χ1v) is 7.32. The monoisotopic (exact) mass is 344 g/mol. The van der Waals surface area contributed by atoms with E-state index in [9.17, 15) is 4.79 Å². The number of hydrogen-bond donors (Lipinski definition) is 2. The number of amides is 1. The van der Waals surface area contributed by atoms with E-state index in [4.69, 9.17) is 9.84 Å². The molecule has 0 aromatic heterocycles. The number of carbonyl (C=O) groups is 1. The highest BCUT2D eigenvalue weighted by molar-refractivity contribution is 9.10. The second-order valence-corrected chi connectivity index (χ2v) is 5.28. The van der Waals surface area contributed by atoms with Crippen LogP contribution in [-0.4, -0.2) is 55.9 Å². The van der Waals surface area contributed by atoms with Crippen molar-refractivity contribution in [3.05, 3.63) is 28.7 Å². The third-order valence-electron chi connectivity index (χ3n) is 2.79. The Hall–Kier alpha value is -0.950. The molecule has 112 valence electrons. The second-order valence-electron chi connectivity index (χ2n) is 4.37. The molecule has 0 atom stereocenters. The fourth-order valence-corrected chi connectivity index (χ4v) is 2.15. The minimum atomic E-state index is -0.0385. The first kappa shape index (κ1) is 17.1. The Morgan fingerprint density at radius 2 is 2.20 bits per heavy atom. The van der Waals surface area contributed by atoms with Gasteiger partial charge in [-0.15, -0.1) is 0 Å². The molecule has 0 saturated heterocycles. The number of nitrogens with one attached hydrogen (secondary N) is 1. The van der Waals surface area contributed by atoms with Crippen LogP contribution in [0.15, 0.2) is 28.7 Å². The molecule has 0 aliphatic heterocycles. The molecule has 0 radical (unpaired) electrons. The van der Waals surface area contributed by atoms with E-state index in [-0.39, 0.29) is 12.5 Å². The van der Waals surface area contributed by atoms with Crippen molar-refractivity contribution in [1.29, 1.82) is 0 Å². The van der Waals surface area contributed by atoms with Gasteiger partial charge in [-0.1, -0.05) is 22.0 Å². The van der Waals surface area contributed by atoms with Crippen LogP contribution in [-0.2, 0) is 9.53 Å². The highest BCUT2D eigenvalue weighted by Crippen LogP contribution is 2.15. The van der Waals surface area contributed by atoms with Crippen LogP contribution in [0.5, 0.6) is 0 Å². The Morgan fingerprint density at radius 3 is 2.85 bits per heavy atom. The van der Waals surface area contributed by atoms with Crippen molar-refractivity contribution in [1.82, 2.24) is 4.90 Å². The number of carbonyl (C=O) groups excluding carboxylic acids is 1. The predicted molar refractivity (Wildman–Crippen MR) is 82.8 cm³/mol. The van der Waals surface area contributed by atoms with Crippen molar-refractivity contribution in [2.24, 2.45) is 0 Å². The largest absolute Gasteiger partial charge is 0.395 e. The Labute approximate surface area is 128 Å². The van der Waals surface area contributed by atoms with Crippen LogP contribution in [0.25, 0.3) is 0 Å². The van der Waals surface area contributed by atoms with Crippen LogP contribution in [0.3, 0.4) is 0 Å². The van der Waals surface area contributed by atoms with Crippen molar-refractivity contribution >= 4 is 27.5 Å². The van der Waals surface area contributed by atoms with Crippen LogP contribution in [0.1, 0.15) is 6.42 Å². The Kier molecular flexibility index (Phi) is 8.45. The van der Waals surface area contributed by atoms with E-state index in [1.165, 1.54) is 0 Å². The maximum absolute atomic E-state index is 11.9. The van der Waals surface area contributed by atoms with E-state index in [1.54, 1.807) is 7.11 Å². The fraction of sp³-hybridized carbons (Fsp3) is 0.500. The van der Waals surface area contributed by atoms with E-state index in [2.05, 4.69) is 21.2 Å². The van der Waals surface area contributed by atoms with Crippen LogP contribution < -0.4 is 5.32 Å². The molecule has 0 aliphatic carbocycles. The van der Waals surface area contributed by atoms with Gasteiger partial charge in [-0.05, 0) is 18.2 Å². The lowest BCUT2D eigenvalue weighted by atomic mass is 10.3. The lowest BCUT2D eigenvalue weighted by molar-refractivity contribution is -0.116. The van der Waals surface area contributed by atoms with Gasteiger partial charge < -0.3 is 15.2 Å². The molecule has 20 heavy (non-hydrogen) atoms. The number of benzene rings is 1. The van der Waals surface area contributed by atoms with Crippen molar-refractivity contribution in [3.8, 4) is 0 Å². The van der Waals surface area contributed by atoms with Gasteiger partial charge in [-0.2, -0.15) is 0 Å². The molecule has 0 aliphatic rings. The standard InChI is InChI=1S/C14H21BrN2O3/c1-20-10-8-17(7-9-18)6-5-14(19)16-13-4-2-3-12(15)11-13/h2-4,11,18H,5-10H2,1H3,(H,16,19). The number of aliphatic hydroxyl groups is 1. The SMILES string of the molecule is COCCN(CCO)CCC(=O)Nc1cccc(Br)c1. The van der Waals surface area contributed by atoms with E-state index >= 15 is 0 Å². The molecule has 0 saturated carbocycles. The summed E-state index contributed by atoms with van der Waals surface area (Å²) >= 11 is 3.36. The summed E-state index contributed by atoms with van der Waals surface area (Å²) in [5.74, 6) is -0.0385. The average molecular weight is 345 g/mol. The van der Waals surface area contributed by atoms with Crippen molar-refractivity contribution in [2.75, 3.05) is 45.3 Å². The zero-order chi connectivity index (χ0) is 14.8. The first-order valence-electron chi connectivity index (χ1n) is 6.53. The minimum Gasteiger partial charge on any atom is -0.395 e. The number of anilines is 1. The fourth-order valence-electron chi connectivity index (χ4n) is 1.75. The van der Waals surface area contributed by atoms with Gasteiger partial charge in [0, 0.05) is 43.3 Å². The van der Waals surface area contributed by atoms with Gasteiger partial charge in [0.1, 0.15) is 0 Å². The number of aliphatic hydroxyl groups excluding tert-OH is 1. The predicted octanol–water partition coefficient (Wildman–Crippen LogP) is 1.72. The molecular weight excluding hydrogens is 324 g/mol. The summed E-state index contributed by atoms with van der Waals surface area (Å²) in [7, 11) is 1.64. The third-order valence-corrected chi connectivity index (χ3v) is 3.28. The number of ether oxygens (including phenoxy) is 1. The average Bonchev–Trinajstić information content (AvgIpc) is 2.42. The van der Waals surface area contributed by atoms with Crippen molar-refractivity contribution in [2.45, 2.75) is 6.42 Å². The topological polar surface area (TPSA) is 61.8 Å². The van der Waals surface area contributed by atoms with Crippen LogP contribution in [0.4, 0.5) is 5.69 Å². The minimum absolute atomic E-state index is 0.0385. The Bertz CT molecular complexity index is 415. The number of rotatable bonds is 9. The molecule has 0 bridgehead atoms. The highest BCUT2D eigenvalue weighted by Gasteiger charge is 2.08. The van der Waals surface area contributed by atoms with Gasteiger partial charge in [0.05, 0.1) is 13.2 Å². The molecule has 0 fully saturated rings. The van der Waals surface area contributed by atoms with Crippen molar-refractivity contribution < 1.29 is 14.6 Å². The second kappa shape index (κ2) is 9.88. The summed E-state index contributed by atoms with van der Waals surface area (Å²) in [5.41, 5.74) is 0.773. The molecule has 1 aromatic rings. The molecule has 1 rings (SSSR count). The lowest BCUT2D eigenvalue weighted by Gasteiger charge is -2.20. The van der Waals surface area contributed by atoms with Gasteiger partial charge in [0.25, 0.3) is 0 Å². The van der Waals surface area contributed by atoms with Crippen LogP contribution in [0.2, 0.25) is 0 Å². The zero-order valence-corrected chi connectivity index (χ0v) is 13.2. The summed E-state index contributed by atoms with van der Waals surface area (Å²) in [6.07, 6.45) is 0.385. The summed E-state index contributed by atoms with van der Waals surface area (Å²) in [4.78, 5) is 13.9. The van der Waals surface area contributed by atoms with Crippen LogP contribution in [0, 0.1) is 0 Å². The molecule has 0 spiro atoms. The summed E-state index contributed by atoms with van der Waals surface area (Å²) in [6.45, 7) is 2.53. The van der Waals surface area contributed by atoms with Gasteiger partial charge in [0.2, 0.25) is 5.91 Å². The maximum atomic E-state index is 11.9. The lowest BCUT2D eigenvalue weighted by Crippen LogP contribution is -2.33. The number of hydrogen-bond acceptors (Lipinski definition) is 4. The summed E-state index contributed by atoms with van der Waals surface area (Å²) in [6, 6.07) is 7.48. The number of nitrogens with zero attached hydrogens (tertiary/aromatic N) is 1. The Morgan fingerprint density at radius 1 is 1.40 bits per heavy atom. The first-order chi connectivity index (χ1) is 9.65. The van der Waals surface area contributed by atoms with E-state index in [0.29, 0.717) is 32.7 Å². The van der Waals surface area contributed by atoms with Gasteiger partial charge in [-0.25, -0.2) is 0 Å². The van der Waals surface area contributed by atoms with E-state index < -0.39 is 0 Å². The number of halogens is 1. The zero-order valence-electron chi connectivity index (χ0n) is 11.6. The van der Waals surface area contributed by atoms with Gasteiger partial charge in [-0.3, -0.25) is 9.69 Å². The molecule has 1 amide bonds. The maximum Gasteiger partial charge on any atom is 0.225 e. The van der Waals surface area contributed by atoms with E-state index in [1.807, 2.05) is 29.2 Å². The smallest absolute Gasteiger partial charge is 0.225 e. The number of methoxy groups -OCH3 is 1. The molecule has 0 unspecified atom stereocenters. The summed E-state index contributed by atoms with van der Waals surface area (Å²) < 4.78 is 5.93. The third kappa shape index (κ3) is 7.00. The normalized spacial score (nSPS) is 10.8. The molecule has 0 heterocycles. The van der Waals surface area contributed by atoms with E-state index in [0.717, 1.165) is 10.2 Å². The van der Waals surface area contributed by atoms with Crippen LogP contribution >= 0.6 is 15.9 Å². The summed E-state index contributed by atoms with van der Waals surface area (Å²) in [5, 5.41) is 11.8. The highest BCUT2D eigenvalue weighted by atomic mass is 79.9. The van der Waals surface area contributed by atoms with Gasteiger partial charge >= 0.3 is 0 Å². The molecular formula is C14H21BrN2O3. The van der Waals surface area contributed by atoms with Crippen molar-refractivity contribution in [3.63, 3.8) is 0 Å². The Balaban J connectivity index is 2.37. The quantitative estimate of drug-likeness (QED) is 0.716. The molecule has 2 N–H and O–H groups in total.